The molecule has 0 N–H and O–H groups in total. The van der Waals surface area contributed by atoms with E-state index in [-0.39, 0.29) is 0 Å². The molecule has 7 nitrogen and oxygen atoms in total. The second-order valence-electron chi connectivity index (χ2n) is 7.51. The third-order valence-corrected chi connectivity index (χ3v) is 5.98. The zero-order valence-electron chi connectivity index (χ0n) is 15.2. The summed E-state index contributed by atoms with van der Waals surface area (Å²) in [6.07, 6.45) is 5.09. The Hall–Kier alpha value is -1.73. The van der Waals surface area contributed by atoms with Gasteiger partial charge in [-0.2, -0.15) is 4.98 Å². The fraction of sp³-hybridized carbons (Fsp3) is 0.722. The molecule has 2 aliphatic rings. The van der Waals surface area contributed by atoms with E-state index in [0.717, 1.165) is 37.5 Å². The highest BCUT2D eigenvalue weighted by Gasteiger charge is 2.49. The molecule has 1 saturated carbocycles. The zero-order valence-corrected chi connectivity index (χ0v) is 15.2. The number of nitrogens with zero attached hydrogens (tertiary/aromatic N) is 4. The summed E-state index contributed by atoms with van der Waals surface area (Å²) in [5, 5.41) is 7.88. The fourth-order valence-corrected chi connectivity index (χ4v) is 4.18. The lowest BCUT2D eigenvalue weighted by Gasteiger charge is -2.53. The molecule has 2 aromatic rings. The number of hydrogen-bond acceptors (Lipinski definition) is 7. The summed E-state index contributed by atoms with van der Waals surface area (Å²) in [6, 6.07) is 0. The van der Waals surface area contributed by atoms with Gasteiger partial charge >= 0.3 is 0 Å². The predicted octanol–water partition coefficient (Wildman–Crippen LogP) is 2.94. The van der Waals surface area contributed by atoms with Crippen LogP contribution in [-0.4, -0.2) is 39.4 Å². The summed E-state index contributed by atoms with van der Waals surface area (Å²) in [6.45, 7) is 9.40. The van der Waals surface area contributed by atoms with Crippen molar-refractivity contribution in [3.05, 3.63) is 28.7 Å². The first-order chi connectivity index (χ1) is 12.1. The largest absolute Gasteiger partial charge is 0.368 e. The second-order valence-corrected chi connectivity index (χ2v) is 7.51. The van der Waals surface area contributed by atoms with E-state index in [9.17, 15) is 0 Å². The van der Waals surface area contributed by atoms with Crippen LogP contribution in [0.5, 0.6) is 0 Å². The molecule has 0 aromatic carbocycles. The number of hydrogen-bond donors (Lipinski definition) is 0. The molecule has 1 spiro atoms. The molecule has 4 rings (SSSR count). The van der Waals surface area contributed by atoms with Crippen molar-refractivity contribution in [2.24, 2.45) is 5.41 Å². The second kappa shape index (κ2) is 6.53. The maximum absolute atomic E-state index is 6.11. The standard InChI is InChI=1S/C18H26N4O3/c1-12-15(13(2)24-20-12)10-22-8-6-18(7-9-22)5-4-16(18)23-11-17-19-14(3)21-25-17/h16H,4-11H2,1-3H3. The molecule has 25 heavy (non-hydrogen) atoms. The molecule has 2 aromatic heterocycles. The monoisotopic (exact) mass is 346 g/mol. The topological polar surface area (TPSA) is 77.4 Å². The Balaban J connectivity index is 1.30. The van der Waals surface area contributed by atoms with Crippen molar-refractivity contribution >= 4 is 0 Å². The van der Waals surface area contributed by atoms with Crippen molar-refractivity contribution in [1.29, 1.82) is 0 Å². The van der Waals surface area contributed by atoms with Crippen molar-refractivity contribution in [1.82, 2.24) is 20.2 Å². The van der Waals surface area contributed by atoms with Crippen LogP contribution in [0.4, 0.5) is 0 Å². The van der Waals surface area contributed by atoms with Crippen LogP contribution >= 0.6 is 0 Å². The Bertz CT molecular complexity index is 711. The maximum Gasteiger partial charge on any atom is 0.252 e. The number of aromatic nitrogens is 3. The number of likely N-dealkylation sites (tertiary alicyclic amines) is 1. The Labute approximate surface area is 147 Å². The highest BCUT2D eigenvalue weighted by Crippen LogP contribution is 2.51. The summed E-state index contributed by atoms with van der Waals surface area (Å²) in [5.74, 6) is 2.18. The molecule has 3 heterocycles. The van der Waals surface area contributed by atoms with Crippen LogP contribution < -0.4 is 0 Å². The first kappa shape index (κ1) is 16.7. The van der Waals surface area contributed by atoms with Gasteiger partial charge < -0.3 is 13.8 Å². The van der Waals surface area contributed by atoms with Crippen molar-refractivity contribution in [3.63, 3.8) is 0 Å². The van der Waals surface area contributed by atoms with E-state index in [1.807, 2.05) is 20.8 Å². The summed E-state index contributed by atoms with van der Waals surface area (Å²) in [4.78, 5) is 6.73. The Morgan fingerprint density at radius 1 is 1.12 bits per heavy atom. The number of ether oxygens (including phenoxy) is 1. The average molecular weight is 346 g/mol. The molecule has 1 aliphatic carbocycles. The van der Waals surface area contributed by atoms with E-state index < -0.39 is 0 Å². The van der Waals surface area contributed by atoms with Gasteiger partial charge in [-0.25, -0.2) is 0 Å². The van der Waals surface area contributed by atoms with Crippen LogP contribution in [0.2, 0.25) is 0 Å². The summed E-state index contributed by atoms with van der Waals surface area (Å²) in [7, 11) is 0. The molecule has 1 aliphatic heterocycles. The van der Waals surface area contributed by atoms with Gasteiger partial charge in [0.15, 0.2) is 5.82 Å². The minimum atomic E-state index is 0.320. The van der Waals surface area contributed by atoms with Gasteiger partial charge in [0.1, 0.15) is 12.4 Å². The van der Waals surface area contributed by atoms with Crippen LogP contribution in [-0.2, 0) is 17.9 Å². The van der Waals surface area contributed by atoms with Crippen molar-refractivity contribution in [3.8, 4) is 0 Å². The van der Waals surface area contributed by atoms with Crippen LogP contribution in [0, 0.1) is 26.2 Å². The molecule has 1 saturated heterocycles. The zero-order chi connectivity index (χ0) is 17.4. The molecule has 0 bridgehead atoms. The van der Waals surface area contributed by atoms with E-state index in [2.05, 4.69) is 20.2 Å². The van der Waals surface area contributed by atoms with E-state index in [1.165, 1.54) is 24.8 Å². The minimum absolute atomic E-state index is 0.320. The van der Waals surface area contributed by atoms with E-state index >= 15 is 0 Å². The average Bonchev–Trinajstić information content (AvgIpc) is 3.15. The van der Waals surface area contributed by atoms with Gasteiger partial charge in [0.05, 0.1) is 11.8 Å². The lowest BCUT2D eigenvalue weighted by Crippen LogP contribution is -2.53. The van der Waals surface area contributed by atoms with Gasteiger partial charge in [-0.1, -0.05) is 10.3 Å². The highest BCUT2D eigenvalue weighted by molar-refractivity contribution is 5.20. The Kier molecular flexibility index (Phi) is 4.37. The first-order valence-electron chi connectivity index (χ1n) is 9.11. The number of rotatable bonds is 5. The van der Waals surface area contributed by atoms with Gasteiger partial charge in [0, 0.05) is 12.1 Å². The van der Waals surface area contributed by atoms with E-state index in [0.29, 0.717) is 29.8 Å². The molecular formula is C18H26N4O3. The lowest BCUT2D eigenvalue weighted by atomic mass is 9.60. The number of aryl methyl sites for hydroxylation is 3. The van der Waals surface area contributed by atoms with E-state index in [1.54, 1.807) is 0 Å². The molecule has 7 heteroatoms. The molecule has 0 amide bonds. The Morgan fingerprint density at radius 2 is 1.92 bits per heavy atom. The maximum atomic E-state index is 6.11. The van der Waals surface area contributed by atoms with Crippen LogP contribution in [0.1, 0.15) is 54.4 Å². The molecule has 136 valence electrons. The van der Waals surface area contributed by atoms with Gasteiger partial charge in [-0.05, 0) is 65.0 Å². The summed E-state index contributed by atoms with van der Waals surface area (Å²) >= 11 is 0. The molecule has 0 radical (unpaired) electrons. The van der Waals surface area contributed by atoms with Crippen molar-refractivity contribution in [2.75, 3.05) is 13.1 Å². The lowest BCUT2D eigenvalue weighted by molar-refractivity contribution is -0.147. The van der Waals surface area contributed by atoms with Crippen LogP contribution in [0.3, 0.4) is 0 Å². The molecule has 1 atom stereocenters. The van der Waals surface area contributed by atoms with Gasteiger partial charge in [0.25, 0.3) is 5.89 Å². The van der Waals surface area contributed by atoms with Crippen molar-refractivity contribution < 1.29 is 13.8 Å². The SMILES string of the molecule is Cc1noc(COC2CCC23CCN(Cc2c(C)noc2C)CC3)n1. The first-order valence-corrected chi connectivity index (χ1v) is 9.11. The molecule has 2 fully saturated rings. The minimum Gasteiger partial charge on any atom is -0.368 e. The quantitative estimate of drug-likeness (QED) is 0.823. The van der Waals surface area contributed by atoms with Crippen LogP contribution in [0.15, 0.2) is 9.05 Å². The third kappa shape index (κ3) is 3.22. The summed E-state index contributed by atoms with van der Waals surface area (Å²) in [5.41, 5.74) is 2.59. The van der Waals surface area contributed by atoms with Crippen molar-refractivity contribution in [2.45, 2.75) is 65.7 Å². The summed E-state index contributed by atoms with van der Waals surface area (Å²) < 4.78 is 16.5. The smallest absolute Gasteiger partial charge is 0.252 e. The van der Waals surface area contributed by atoms with E-state index in [4.69, 9.17) is 13.8 Å². The Morgan fingerprint density at radius 3 is 2.48 bits per heavy atom. The third-order valence-electron chi connectivity index (χ3n) is 5.98. The fourth-order valence-electron chi connectivity index (χ4n) is 4.18. The number of piperidine rings is 1. The van der Waals surface area contributed by atoms with Gasteiger partial charge in [0.2, 0.25) is 0 Å². The van der Waals surface area contributed by atoms with Gasteiger partial charge in [-0.3, -0.25) is 4.90 Å². The highest BCUT2D eigenvalue weighted by atomic mass is 16.5. The predicted molar refractivity (Wildman–Crippen MR) is 89.8 cm³/mol. The molecule has 1 unspecified atom stereocenters. The normalized spacial score (nSPS) is 23.1. The van der Waals surface area contributed by atoms with Crippen LogP contribution in [0.25, 0.3) is 0 Å². The molecular weight excluding hydrogens is 320 g/mol. The van der Waals surface area contributed by atoms with Gasteiger partial charge in [-0.15, -0.1) is 0 Å².